The number of alkyl halides is 6. The molecule has 10 heteroatoms. The van der Waals surface area contributed by atoms with Crippen LogP contribution in [-0.4, -0.2) is 11.3 Å². The van der Waals surface area contributed by atoms with Crippen molar-refractivity contribution in [3.63, 3.8) is 0 Å². The molecular formula is C38H34Cl2F6SiZr. The number of rotatable bonds is 5. The van der Waals surface area contributed by atoms with Crippen molar-refractivity contribution in [1.29, 1.82) is 0 Å². The van der Waals surface area contributed by atoms with Crippen LogP contribution in [-0.2, 0) is 40.0 Å². The van der Waals surface area contributed by atoms with Gasteiger partial charge in [-0.3, -0.25) is 0 Å². The first-order chi connectivity index (χ1) is 21.6. The van der Waals surface area contributed by atoms with Crippen LogP contribution in [0.15, 0.2) is 111 Å². The normalized spacial score (nSPS) is 15.5. The third-order valence-electron chi connectivity index (χ3n) is 9.08. The molecular weight excluding hydrogens is 761 g/mol. The predicted octanol–water partition coefficient (Wildman–Crippen LogP) is 4.54. The molecule has 48 heavy (non-hydrogen) atoms. The quantitative estimate of drug-likeness (QED) is 0.181. The summed E-state index contributed by atoms with van der Waals surface area (Å²) in [6.07, 6.45) is -6.21. The Hall–Kier alpha value is -2.51. The van der Waals surface area contributed by atoms with E-state index in [1.807, 2.05) is 18.2 Å². The molecule has 0 radical (unpaired) electrons. The van der Waals surface area contributed by atoms with Crippen molar-refractivity contribution >= 4 is 14.6 Å². The van der Waals surface area contributed by atoms with E-state index < -0.39 is 52.8 Å². The van der Waals surface area contributed by atoms with Crippen molar-refractivity contribution < 1.29 is 72.4 Å². The molecule has 0 aromatic heterocycles. The molecule has 0 fully saturated rings. The van der Waals surface area contributed by atoms with E-state index in [0.717, 1.165) is 44.2 Å². The van der Waals surface area contributed by atoms with Crippen LogP contribution < -0.4 is 28.1 Å². The van der Waals surface area contributed by atoms with Gasteiger partial charge in [0.2, 0.25) is 0 Å². The molecule has 2 aliphatic carbocycles. The maximum atomic E-state index is 14.2. The Morgan fingerprint density at radius 1 is 0.708 bits per heavy atom. The Bertz CT molecular complexity index is 1910. The van der Waals surface area contributed by atoms with Gasteiger partial charge in [-0.25, -0.2) is 0 Å². The van der Waals surface area contributed by atoms with E-state index in [-0.39, 0.29) is 30.7 Å². The number of halogens is 8. The smallest absolute Gasteiger partial charge is 1.00 e. The Balaban J connectivity index is 0.00000260. The first-order valence-corrected chi connectivity index (χ1v) is 22.5. The molecule has 0 aliphatic heterocycles. The summed E-state index contributed by atoms with van der Waals surface area (Å²) in [5.74, 6) is 0.0161. The molecule has 0 saturated heterocycles. The van der Waals surface area contributed by atoms with Crippen LogP contribution in [0.25, 0.3) is 11.1 Å². The minimum atomic E-state index is -4.60. The maximum Gasteiger partial charge on any atom is -1.00 e. The van der Waals surface area contributed by atoms with Gasteiger partial charge < -0.3 is 24.8 Å². The van der Waals surface area contributed by atoms with E-state index in [0.29, 0.717) is 20.8 Å². The van der Waals surface area contributed by atoms with Gasteiger partial charge in [-0.15, -0.1) is 0 Å². The van der Waals surface area contributed by atoms with E-state index in [1.54, 1.807) is 12.1 Å². The Morgan fingerprint density at radius 3 is 1.75 bits per heavy atom. The number of allylic oxidation sites excluding steroid dienone is 4. The molecule has 4 aromatic rings. The van der Waals surface area contributed by atoms with Gasteiger partial charge in [-0.1, -0.05) is 0 Å². The Kier molecular flexibility index (Phi) is 11.2. The summed E-state index contributed by atoms with van der Waals surface area (Å²) in [4.78, 5) is 0. The molecule has 0 bridgehead atoms. The van der Waals surface area contributed by atoms with Crippen LogP contribution in [0.3, 0.4) is 0 Å². The molecule has 0 spiro atoms. The van der Waals surface area contributed by atoms with Gasteiger partial charge >= 0.3 is 276 Å². The van der Waals surface area contributed by atoms with E-state index in [1.165, 1.54) is 31.7 Å². The summed E-state index contributed by atoms with van der Waals surface area (Å²) >= 11 is -3.62. The molecule has 1 unspecified atom stereocenters. The predicted molar refractivity (Wildman–Crippen MR) is 174 cm³/mol. The van der Waals surface area contributed by atoms with Gasteiger partial charge in [-0.2, -0.15) is 0 Å². The molecule has 0 N–H and O–H groups in total. The number of hydrogen-bond donors (Lipinski definition) is 0. The minimum Gasteiger partial charge on any atom is -1.00 e. The molecule has 6 rings (SSSR count). The second-order valence-corrected chi connectivity index (χ2v) is 24.0. The van der Waals surface area contributed by atoms with Crippen molar-refractivity contribution in [2.24, 2.45) is 5.92 Å². The summed E-state index contributed by atoms with van der Waals surface area (Å²) in [7, 11) is -1.82. The van der Waals surface area contributed by atoms with Gasteiger partial charge in [-0.05, 0) is 0 Å². The zero-order valence-corrected chi connectivity index (χ0v) is 32.0. The third-order valence-corrected chi connectivity index (χ3v) is 19.7. The summed E-state index contributed by atoms with van der Waals surface area (Å²) in [6, 6.07) is 24.8. The summed E-state index contributed by atoms with van der Waals surface area (Å²) in [6.45, 7) is 11.1. The second-order valence-electron chi connectivity index (χ2n) is 13.2. The van der Waals surface area contributed by atoms with E-state index in [2.05, 4.69) is 63.8 Å². The van der Waals surface area contributed by atoms with Crippen molar-refractivity contribution in [2.45, 2.75) is 52.3 Å². The zero-order valence-electron chi connectivity index (χ0n) is 27.0. The van der Waals surface area contributed by atoms with Crippen molar-refractivity contribution in [1.82, 2.24) is 0 Å². The fraction of sp³-hybridized carbons (Fsp3) is 0.237. The molecule has 4 aromatic carbocycles. The van der Waals surface area contributed by atoms with E-state index in [9.17, 15) is 26.3 Å². The van der Waals surface area contributed by atoms with Crippen LogP contribution in [0.2, 0.25) is 19.6 Å². The van der Waals surface area contributed by atoms with Gasteiger partial charge in [0.05, 0.1) is 0 Å². The van der Waals surface area contributed by atoms with Crippen LogP contribution in [0.4, 0.5) is 26.3 Å². The second kappa shape index (κ2) is 14.0. The van der Waals surface area contributed by atoms with Crippen LogP contribution in [0.1, 0.15) is 47.2 Å². The SMILES string of the molecule is CC1=[C]([Zr+2](=[C](c2cccc(C(F)(F)F)c2)c2cccc(C(F)(F)F)c2)[c]2cccc3c2Cc2ccccc2-3)C(C)C=C1[Si](C)(C)C.[Cl-].[Cl-]. The van der Waals surface area contributed by atoms with Gasteiger partial charge in [0.25, 0.3) is 0 Å². The average molecular weight is 795 g/mol. The Morgan fingerprint density at radius 2 is 1.23 bits per heavy atom. The topological polar surface area (TPSA) is 0 Å². The monoisotopic (exact) mass is 792 g/mol. The van der Waals surface area contributed by atoms with Gasteiger partial charge in [0.15, 0.2) is 0 Å². The molecule has 2 aliphatic rings. The first kappa shape index (κ1) is 38.3. The number of benzene rings is 4. The molecule has 1 atom stereocenters. The summed E-state index contributed by atoms with van der Waals surface area (Å²) < 4.78 is 87.9. The molecule has 0 amide bonds. The molecule has 0 heterocycles. The Labute approximate surface area is 299 Å². The third kappa shape index (κ3) is 7.19. The van der Waals surface area contributed by atoms with Gasteiger partial charge in [0.1, 0.15) is 0 Å². The fourth-order valence-corrected chi connectivity index (χ4v) is 18.2. The van der Waals surface area contributed by atoms with Gasteiger partial charge in [0, 0.05) is 0 Å². The van der Waals surface area contributed by atoms with Crippen LogP contribution in [0, 0.1) is 5.92 Å². The van der Waals surface area contributed by atoms with Crippen molar-refractivity contribution in [3.05, 3.63) is 145 Å². The van der Waals surface area contributed by atoms with Crippen LogP contribution >= 0.6 is 0 Å². The fourth-order valence-electron chi connectivity index (χ4n) is 7.14. The van der Waals surface area contributed by atoms with Crippen LogP contribution in [0.5, 0.6) is 0 Å². The maximum absolute atomic E-state index is 14.2. The van der Waals surface area contributed by atoms with E-state index in [4.69, 9.17) is 0 Å². The first-order valence-electron chi connectivity index (χ1n) is 15.3. The molecule has 0 nitrogen and oxygen atoms in total. The summed E-state index contributed by atoms with van der Waals surface area (Å²) in [5, 5.41) is 1.32. The summed E-state index contributed by atoms with van der Waals surface area (Å²) in [5.41, 5.74) is 4.78. The number of fused-ring (bicyclic) bond motifs is 3. The minimum absolute atomic E-state index is 0. The molecule has 0 saturated carbocycles. The average Bonchev–Trinajstić information content (AvgIpc) is 3.52. The van der Waals surface area contributed by atoms with E-state index >= 15 is 0 Å². The largest absolute Gasteiger partial charge is 1.00 e. The van der Waals surface area contributed by atoms with Crippen molar-refractivity contribution in [3.8, 4) is 11.1 Å². The molecule has 250 valence electrons. The van der Waals surface area contributed by atoms with Crippen molar-refractivity contribution in [2.75, 3.05) is 0 Å². The number of hydrogen-bond acceptors (Lipinski definition) is 0. The zero-order chi connectivity index (χ0) is 33.2. The standard InChI is InChI=1S/C15H8F6.C13H9.C10H17Si.2ClH.Zr/c16-14(17,18)12-5-1-3-10(8-12)7-11-4-2-6-13(9-11)15(19,20)21;1-3-7-12-10(5-1)9-11-6-2-4-8-13(11)12;1-8-6-9(2)10(7-8)11(3,4)5;;;/h1-6,8-9H;1-5,7-8H,9H2;7-8H,1-5H3;2*1H;/q;;;;;+2/p-2.